The van der Waals surface area contributed by atoms with E-state index < -0.39 is 0 Å². The van der Waals surface area contributed by atoms with Gasteiger partial charge in [0.25, 0.3) is 0 Å². The van der Waals surface area contributed by atoms with Crippen LogP contribution in [0.2, 0.25) is 0 Å². The lowest BCUT2D eigenvalue weighted by Crippen LogP contribution is -2.07. The summed E-state index contributed by atoms with van der Waals surface area (Å²) in [6, 6.07) is 0. The zero-order valence-corrected chi connectivity index (χ0v) is 7.48. The van der Waals surface area contributed by atoms with Crippen molar-refractivity contribution in [3.8, 4) is 0 Å². The first-order chi connectivity index (χ1) is 5.43. The van der Waals surface area contributed by atoms with Crippen LogP contribution < -0.4 is 0 Å². The van der Waals surface area contributed by atoms with E-state index in [1.165, 1.54) is 25.0 Å². The molecule has 0 radical (unpaired) electrons. The highest BCUT2D eigenvalue weighted by molar-refractivity contribution is 7.99. The zero-order chi connectivity index (χ0) is 7.94. The molecule has 0 spiro atoms. The molecule has 0 saturated carbocycles. The highest BCUT2D eigenvalue weighted by Gasteiger charge is 2.11. The van der Waals surface area contributed by atoms with Crippen LogP contribution in [0.3, 0.4) is 0 Å². The van der Waals surface area contributed by atoms with Crippen LogP contribution in [0.5, 0.6) is 0 Å². The molecular formula is C9H14OS. The minimum Gasteiger partial charge on any atom is -0.299 e. The monoisotopic (exact) mass is 170 g/mol. The van der Waals surface area contributed by atoms with Crippen LogP contribution in [0, 0.1) is 0 Å². The van der Waals surface area contributed by atoms with Crippen molar-refractivity contribution in [2.24, 2.45) is 0 Å². The van der Waals surface area contributed by atoms with Crippen LogP contribution in [0.1, 0.15) is 25.7 Å². The molecule has 1 aliphatic rings. The number of hydrogen-bond acceptors (Lipinski definition) is 2. The van der Waals surface area contributed by atoms with E-state index in [-0.39, 0.29) is 0 Å². The fourth-order valence-corrected chi connectivity index (χ4v) is 2.56. The standard InChI is InChI=1S/C9H14OS/c10-7-3-1-5-9-6-2-4-8-11-9/h1,3,7,9H,2,4-6,8H2/b3-1-. The zero-order valence-electron chi connectivity index (χ0n) is 6.66. The van der Waals surface area contributed by atoms with Crippen LogP contribution >= 0.6 is 11.8 Å². The van der Waals surface area contributed by atoms with E-state index in [1.807, 2.05) is 17.8 Å². The Kier molecular flexibility index (Phi) is 4.36. The van der Waals surface area contributed by atoms with Gasteiger partial charge in [0.1, 0.15) is 6.29 Å². The summed E-state index contributed by atoms with van der Waals surface area (Å²) in [7, 11) is 0. The van der Waals surface area contributed by atoms with Gasteiger partial charge in [0.15, 0.2) is 0 Å². The summed E-state index contributed by atoms with van der Waals surface area (Å²) >= 11 is 2.05. The summed E-state index contributed by atoms with van der Waals surface area (Å²) < 4.78 is 0. The molecule has 1 atom stereocenters. The van der Waals surface area contributed by atoms with Gasteiger partial charge in [0.05, 0.1) is 0 Å². The summed E-state index contributed by atoms with van der Waals surface area (Å²) in [6.45, 7) is 0. The molecule has 0 N–H and O–H groups in total. The Morgan fingerprint density at radius 2 is 2.36 bits per heavy atom. The second-order valence-electron chi connectivity index (χ2n) is 2.79. The summed E-state index contributed by atoms with van der Waals surface area (Å²) in [5.41, 5.74) is 0. The molecule has 1 aliphatic heterocycles. The molecular weight excluding hydrogens is 156 g/mol. The van der Waals surface area contributed by atoms with Gasteiger partial charge >= 0.3 is 0 Å². The number of carbonyl (C=O) groups is 1. The highest BCUT2D eigenvalue weighted by atomic mass is 32.2. The van der Waals surface area contributed by atoms with Crippen LogP contribution in [-0.4, -0.2) is 17.3 Å². The van der Waals surface area contributed by atoms with Crippen molar-refractivity contribution < 1.29 is 4.79 Å². The van der Waals surface area contributed by atoms with Gasteiger partial charge in [0.2, 0.25) is 0 Å². The lowest BCUT2D eigenvalue weighted by atomic mass is 10.1. The first-order valence-electron chi connectivity index (χ1n) is 4.15. The summed E-state index contributed by atoms with van der Waals surface area (Å²) in [5.74, 6) is 1.31. The van der Waals surface area contributed by atoms with Gasteiger partial charge in [-0.1, -0.05) is 12.5 Å². The van der Waals surface area contributed by atoms with Gasteiger partial charge < -0.3 is 0 Å². The molecule has 0 aromatic carbocycles. The summed E-state index contributed by atoms with van der Waals surface area (Å²) in [6.07, 6.45) is 9.58. The van der Waals surface area contributed by atoms with Crippen molar-refractivity contribution in [2.75, 3.05) is 5.75 Å². The molecule has 0 bridgehead atoms. The molecule has 2 heteroatoms. The van der Waals surface area contributed by atoms with Crippen molar-refractivity contribution >= 4 is 18.0 Å². The second-order valence-corrected chi connectivity index (χ2v) is 4.20. The van der Waals surface area contributed by atoms with Crippen LogP contribution in [0.25, 0.3) is 0 Å². The number of aldehydes is 1. The summed E-state index contributed by atoms with van der Waals surface area (Å²) in [5, 5.41) is 0.778. The maximum atomic E-state index is 9.95. The lowest BCUT2D eigenvalue weighted by Gasteiger charge is -2.19. The Balaban J connectivity index is 2.14. The Hall–Kier alpha value is -0.240. The Morgan fingerprint density at radius 1 is 1.45 bits per heavy atom. The predicted octanol–water partition coefficient (Wildman–Crippen LogP) is 2.42. The normalized spacial score (nSPS) is 25.6. The SMILES string of the molecule is O=C/C=C\CC1CCCCS1. The number of hydrogen-bond donors (Lipinski definition) is 0. The van der Waals surface area contributed by atoms with E-state index in [0.717, 1.165) is 18.0 Å². The van der Waals surface area contributed by atoms with E-state index in [9.17, 15) is 4.79 Å². The van der Waals surface area contributed by atoms with Crippen molar-refractivity contribution in [3.63, 3.8) is 0 Å². The molecule has 0 aliphatic carbocycles. The van der Waals surface area contributed by atoms with E-state index in [1.54, 1.807) is 6.08 Å². The molecule has 1 rings (SSSR count). The van der Waals surface area contributed by atoms with E-state index in [2.05, 4.69) is 0 Å². The molecule has 1 unspecified atom stereocenters. The molecule has 1 nitrogen and oxygen atoms in total. The molecule has 0 aromatic heterocycles. The third-order valence-corrected chi connectivity index (χ3v) is 3.31. The van der Waals surface area contributed by atoms with Gasteiger partial charge in [-0.3, -0.25) is 4.79 Å². The first-order valence-corrected chi connectivity index (χ1v) is 5.20. The van der Waals surface area contributed by atoms with E-state index in [0.29, 0.717) is 0 Å². The van der Waals surface area contributed by atoms with Gasteiger partial charge in [-0.15, -0.1) is 0 Å². The average molecular weight is 170 g/mol. The molecule has 11 heavy (non-hydrogen) atoms. The Bertz CT molecular complexity index is 136. The van der Waals surface area contributed by atoms with Crippen LogP contribution in [0.4, 0.5) is 0 Å². The highest BCUT2D eigenvalue weighted by Crippen LogP contribution is 2.27. The quantitative estimate of drug-likeness (QED) is 0.478. The summed E-state index contributed by atoms with van der Waals surface area (Å²) in [4.78, 5) is 9.95. The van der Waals surface area contributed by atoms with Crippen LogP contribution in [0.15, 0.2) is 12.2 Å². The second kappa shape index (κ2) is 5.42. The Morgan fingerprint density at radius 3 is 3.00 bits per heavy atom. The van der Waals surface area contributed by atoms with Crippen molar-refractivity contribution in [1.29, 1.82) is 0 Å². The molecule has 0 aromatic rings. The van der Waals surface area contributed by atoms with Crippen LogP contribution in [-0.2, 0) is 4.79 Å². The number of rotatable bonds is 3. The number of carbonyl (C=O) groups excluding carboxylic acids is 1. The molecule has 1 saturated heterocycles. The maximum absolute atomic E-state index is 9.95. The topological polar surface area (TPSA) is 17.1 Å². The smallest absolute Gasteiger partial charge is 0.142 e. The van der Waals surface area contributed by atoms with Gasteiger partial charge in [-0.25, -0.2) is 0 Å². The lowest BCUT2D eigenvalue weighted by molar-refractivity contribution is -0.104. The third-order valence-electron chi connectivity index (χ3n) is 1.89. The maximum Gasteiger partial charge on any atom is 0.142 e. The van der Waals surface area contributed by atoms with Gasteiger partial charge in [-0.05, 0) is 31.1 Å². The van der Waals surface area contributed by atoms with Gasteiger partial charge in [-0.2, -0.15) is 11.8 Å². The van der Waals surface area contributed by atoms with Crippen molar-refractivity contribution in [3.05, 3.63) is 12.2 Å². The van der Waals surface area contributed by atoms with Crippen molar-refractivity contribution in [2.45, 2.75) is 30.9 Å². The fourth-order valence-electron chi connectivity index (χ4n) is 1.28. The first kappa shape index (κ1) is 8.85. The molecule has 62 valence electrons. The third kappa shape index (κ3) is 3.61. The number of thioether (sulfide) groups is 1. The predicted molar refractivity (Wildman–Crippen MR) is 49.9 cm³/mol. The largest absolute Gasteiger partial charge is 0.299 e. The average Bonchev–Trinajstić information content (AvgIpc) is 2.07. The minimum absolute atomic E-state index is 0.778. The molecule has 1 fully saturated rings. The van der Waals surface area contributed by atoms with Gasteiger partial charge in [0, 0.05) is 5.25 Å². The fraction of sp³-hybridized carbons (Fsp3) is 0.667. The number of allylic oxidation sites excluding steroid dienone is 2. The molecule has 0 amide bonds. The molecule has 1 heterocycles. The van der Waals surface area contributed by atoms with E-state index in [4.69, 9.17) is 0 Å². The van der Waals surface area contributed by atoms with Crippen molar-refractivity contribution in [1.82, 2.24) is 0 Å². The minimum atomic E-state index is 0.778. The Labute approximate surface area is 72.2 Å². The van der Waals surface area contributed by atoms with E-state index >= 15 is 0 Å².